The number of aryl methyl sites for hydroxylation is 1. The summed E-state index contributed by atoms with van der Waals surface area (Å²) in [5, 5.41) is 0. The van der Waals surface area contributed by atoms with E-state index in [1.165, 1.54) is 4.31 Å². The van der Waals surface area contributed by atoms with Gasteiger partial charge in [0.05, 0.1) is 25.2 Å². The Balaban J connectivity index is 1.41. The Morgan fingerprint density at radius 3 is 2.47 bits per heavy atom. The number of rotatable bonds is 5. The normalized spacial score (nSPS) is 20.6. The van der Waals surface area contributed by atoms with E-state index in [2.05, 4.69) is 12.1 Å². The van der Waals surface area contributed by atoms with Gasteiger partial charge in [0, 0.05) is 18.7 Å². The number of fused-ring (bicyclic) bond motifs is 2. The van der Waals surface area contributed by atoms with Crippen LogP contribution in [0.1, 0.15) is 41.1 Å². The van der Waals surface area contributed by atoms with Crippen molar-refractivity contribution in [3.05, 3.63) is 76.9 Å². The molecule has 0 spiro atoms. The summed E-state index contributed by atoms with van der Waals surface area (Å²) in [6, 6.07) is 16.2. The van der Waals surface area contributed by atoms with Crippen LogP contribution in [0.2, 0.25) is 0 Å². The van der Waals surface area contributed by atoms with Gasteiger partial charge in [-0.05, 0) is 73.1 Å². The molecule has 0 radical (unpaired) electrons. The molecule has 3 aliphatic rings. The van der Waals surface area contributed by atoms with Gasteiger partial charge in [-0.2, -0.15) is 4.31 Å². The third-order valence-electron chi connectivity index (χ3n) is 8.23. The number of ether oxygens (including phenoxy) is 2. The minimum absolute atomic E-state index is 0.117. The molecule has 2 aliphatic heterocycles. The predicted molar refractivity (Wildman–Crippen MR) is 145 cm³/mol. The van der Waals surface area contributed by atoms with Crippen LogP contribution >= 0.6 is 0 Å². The third kappa shape index (κ3) is 3.81. The molecule has 2 atom stereocenters. The standard InChI is InChI=1S/C30H32N2O5S/c1-19-10-12-22(13-11-19)38(34,35)32-15-6-9-24(32)30(33)31-16-14-21-18-26(36-2)29(37-3)28-23-8-5-4-7-20(23)17-25(31)27(21)28/h4-5,7-8,10-13,18,24-25H,6,9,14-17H2,1-3H3/t24-,25+/m0/s1. The second-order valence-corrected chi connectivity index (χ2v) is 12.2. The number of nitrogens with zero attached hydrogens (tertiary/aromatic N) is 2. The lowest BCUT2D eigenvalue weighted by Crippen LogP contribution is -2.51. The average Bonchev–Trinajstić information content (AvgIpc) is 3.44. The number of amides is 1. The third-order valence-corrected chi connectivity index (χ3v) is 10.1. The molecule has 1 fully saturated rings. The molecular weight excluding hydrogens is 500 g/mol. The largest absolute Gasteiger partial charge is 0.493 e. The molecule has 0 saturated carbocycles. The number of hydrogen-bond donors (Lipinski definition) is 0. The molecule has 7 nitrogen and oxygen atoms in total. The van der Waals surface area contributed by atoms with Crippen molar-refractivity contribution in [3.8, 4) is 22.6 Å². The van der Waals surface area contributed by atoms with E-state index < -0.39 is 16.1 Å². The van der Waals surface area contributed by atoms with Gasteiger partial charge in [-0.15, -0.1) is 0 Å². The molecule has 2 heterocycles. The van der Waals surface area contributed by atoms with Crippen LogP contribution in [0.3, 0.4) is 0 Å². The van der Waals surface area contributed by atoms with E-state index in [4.69, 9.17) is 9.47 Å². The van der Waals surface area contributed by atoms with Gasteiger partial charge in [-0.25, -0.2) is 8.42 Å². The topological polar surface area (TPSA) is 76.2 Å². The number of methoxy groups -OCH3 is 2. The second-order valence-electron chi connectivity index (χ2n) is 10.3. The second kappa shape index (κ2) is 9.43. The molecule has 6 rings (SSSR count). The lowest BCUT2D eigenvalue weighted by molar-refractivity contribution is -0.137. The summed E-state index contributed by atoms with van der Waals surface area (Å²) in [6.45, 7) is 2.80. The molecule has 0 bridgehead atoms. The Morgan fingerprint density at radius 1 is 0.974 bits per heavy atom. The zero-order valence-corrected chi connectivity index (χ0v) is 22.8. The molecule has 0 N–H and O–H groups in total. The summed E-state index contributed by atoms with van der Waals surface area (Å²) in [7, 11) is -0.498. The number of hydrogen-bond acceptors (Lipinski definition) is 5. The summed E-state index contributed by atoms with van der Waals surface area (Å²) >= 11 is 0. The van der Waals surface area contributed by atoms with Crippen molar-refractivity contribution in [3.63, 3.8) is 0 Å². The molecular formula is C30H32N2O5S. The smallest absolute Gasteiger partial charge is 0.243 e. The van der Waals surface area contributed by atoms with E-state index in [0.29, 0.717) is 50.3 Å². The summed E-state index contributed by atoms with van der Waals surface area (Å²) < 4.78 is 40.2. The highest BCUT2D eigenvalue weighted by Gasteiger charge is 2.45. The zero-order chi connectivity index (χ0) is 26.6. The highest BCUT2D eigenvalue weighted by Crippen LogP contribution is 2.52. The van der Waals surface area contributed by atoms with Gasteiger partial charge in [-0.3, -0.25) is 4.79 Å². The predicted octanol–water partition coefficient (Wildman–Crippen LogP) is 4.51. The van der Waals surface area contributed by atoms with Crippen molar-refractivity contribution in [1.29, 1.82) is 0 Å². The van der Waals surface area contributed by atoms with Crippen LogP contribution in [-0.4, -0.2) is 56.9 Å². The Hall–Kier alpha value is -3.36. The fourth-order valence-corrected chi connectivity index (χ4v) is 8.06. The molecule has 8 heteroatoms. The molecule has 1 saturated heterocycles. The number of carbonyl (C=O) groups is 1. The maximum absolute atomic E-state index is 14.2. The molecule has 3 aromatic rings. The molecule has 0 unspecified atom stereocenters. The van der Waals surface area contributed by atoms with Crippen LogP contribution in [0.25, 0.3) is 11.1 Å². The van der Waals surface area contributed by atoms with Crippen molar-refractivity contribution in [2.45, 2.75) is 49.6 Å². The summed E-state index contributed by atoms with van der Waals surface area (Å²) in [6.07, 6.45) is 2.53. The Morgan fingerprint density at radius 2 is 1.74 bits per heavy atom. The zero-order valence-electron chi connectivity index (χ0n) is 21.9. The summed E-state index contributed by atoms with van der Waals surface area (Å²) in [5.74, 6) is 1.23. The Kier molecular flexibility index (Phi) is 6.19. The van der Waals surface area contributed by atoms with Gasteiger partial charge < -0.3 is 14.4 Å². The average molecular weight is 533 g/mol. The van der Waals surface area contributed by atoms with Crippen molar-refractivity contribution in [2.24, 2.45) is 0 Å². The fraction of sp³-hybridized carbons (Fsp3) is 0.367. The number of carbonyl (C=O) groups excluding carboxylic acids is 1. The first-order chi connectivity index (χ1) is 18.3. The summed E-state index contributed by atoms with van der Waals surface area (Å²) in [5.41, 5.74) is 6.43. The lowest BCUT2D eigenvalue weighted by Gasteiger charge is -2.43. The molecule has 1 aliphatic carbocycles. The van der Waals surface area contributed by atoms with E-state index in [9.17, 15) is 13.2 Å². The quantitative estimate of drug-likeness (QED) is 0.483. The van der Waals surface area contributed by atoms with E-state index in [0.717, 1.165) is 33.4 Å². The molecule has 0 aromatic heterocycles. The van der Waals surface area contributed by atoms with E-state index >= 15 is 0 Å². The van der Waals surface area contributed by atoms with Gasteiger partial charge in [0.25, 0.3) is 0 Å². The maximum atomic E-state index is 14.2. The summed E-state index contributed by atoms with van der Waals surface area (Å²) in [4.78, 5) is 16.4. The fourth-order valence-electron chi connectivity index (χ4n) is 6.41. The van der Waals surface area contributed by atoms with Crippen molar-refractivity contribution < 1.29 is 22.7 Å². The van der Waals surface area contributed by atoms with Gasteiger partial charge in [0.15, 0.2) is 11.5 Å². The van der Waals surface area contributed by atoms with Crippen molar-refractivity contribution >= 4 is 15.9 Å². The molecule has 1 amide bonds. The molecule has 3 aromatic carbocycles. The van der Waals surface area contributed by atoms with Crippen LogP contribution in [0.5, 0.6) is 11.5 Å². The highest BCUT2D eigenvalue weighted by molar-refractivity contribution is 7.89. The van der Waals surface area contributed by atoms with Crippen LogP contribution in [0.15, 0.2) is 59.5 Å². The minimum atomic E-state index is -3.79. The van der Waals surface area contributed by atoms with Crippen LogP contribution in [0, 0.1) is 6.92 Å². The number of benzene rings is 3. The van der Waals surface area contributed by atoms with Gasteiger partial charge in [0.1, 0.15) is 6.04 Å². The highest BCUT2D eigenvalue weighted by atomic mass is 32.2. The first-order valence-corrected chi connectivity index (χ1v) is 14.5. The monoisotopic (exact) mass is 532 g/mol. The Bertz CT molecular complexity index is 1520. The van der Waals surface area contributed by atoms with Crippen LogP contribution in [0.4, 0.5) is 0 Å². The van der Waals surface area contributed by atoms with E-state index in [-0.39, 0.29) is 16.8 Å². The van der Waals surface area contributed by atoms with E-state index in [1.807, 2.05) is 30.0 Å². The van der Waals surface area contributed by atoms with Gasteiger partial charge >= 0.3 is 0 Å². The first-order valence-electron chi connectivity index (χ1n) is 13.1. The van der Waals surface area contributed by atoms with Crippen LogP contribution in [-0.2, 0) is 27.7 Å². The van der Waals surface area contributed by atoms with Gasteiger partial charge in [-0.1, -0.05) is 42.0 Å². The van der Waals surface area contributed by atoms with E-state index in [1.54, 1.807) is 38.5 Å². The first kappa shape index (κ1) is 24.9. The van der Waals surface area contributed by atoms with Crippen molar-refractivity contribution in [2.75, 3.05) is 27.3 Å². The lowest BCUT2D eigenvalue weighted by atomic mass is 9.76. The minimum Gasteiger partial charge on any atom is -0.493 e. The van der Waals surface area contributed by atoms with Crippen molar-refractivity contribution in [1.82, 2.24) is 9.21 Å². The molecule has 38 heavy (non-hydrogen) atoms. The molecule has 198 valence electrons. The Labute approximate surface area is 224 Å². The van der Waals surface area contributed by atoms with Gasteiger partial charge in [0.2, 0.25) is 15.9 Å². The SMILES string of the molecule is COc1cc2c3c(c1OC)-c1ccccc1C[C@H]3N(C(=O)[C@@H]1CCCN1S(=O)(=O)c1ccc(C)cc1)CC2. The van der Waals surface area contributed by atoms with Crippen LogP contribution < -0.4 is 9.47 Å². The maximum Gasteiger partial charge on any atom is 0.243 e. The number of sulfonamides is 1.